The van der Waals surface area contributed by atoms with E-state index >= 15 is 0 Å². The maximum Gasteiger partial charge on any atom is 0.153 e. The van der Waals surface area contributed by atoms with E-state index in [2.05, 4.69) is 21.8 Å². The minimum absolute atomic E-state index is 0.371. The molecule has 1 atom stereocenters. The molecular formula is C12H19ClN4. The number of nitrogens with two attached hydrogens (primary N) is 1. The Kier molecular flexibility index (Phi) is 4.05. The first-order valence-electron chi connectivity index (χ1n) is 6.26. The summed E-state index contributed by atoms with van der Waals surface area (Å²) < 4.78 is 0. The predicted octanol–water partition coefficient (Wildman–Crippen LogP) is 2.87. The van der Waals surface area contributed by atoms with Gasteiger partial charge in [0.15, 0.2) is 5.82 Å². The second-order valence-corrected chi connectivity index (χ2v) is 4.88. The molecule has 0 aromatic carbocycles. The van der Waals surface area contributed by atoms with Gasteiger partial charge in [-0.05, 0) is 19.3 Å². The van der Waals surface area contributed by atoms with Gasteiger partial charge in [-0.25, -0.2) is 9.97 Å². The van der Waals surface area contributed by atoms with Crippen molar-refractivity contribution in [2.24, 2.45) is 0 Å². The van der Waals surface area contributed by atoms with Crippen LogP contribution in [-0.2, 0) is 0 Å². The van der Waals surface area contributed by atoms with Gasteiger partial charge >= 0.3 is 0 Å². The molecule has 1 aliphatic rings. The van der Waals surface area contributed by atoms with E-state index in [-0.39, 0.29) is 0 Å². The molecule has 1 aromatic heterocycles. The summed E-state index contributed by atoms with van der Waals surface area (Å²) in [7, 11) is 0. The van der Waals surface area contributed by atoms with Gasteiger partial charge in [0.2, 0.25) is 0 Å². The highest BCUT2D eigenvalue weighted by atomic mass is 35.5. The van der Waals surface area contributed by atoms with E-state index in [1.807, 2.05) is 0 Å². The quantitative estimate of drug-likeness (QED) is 0.882. The Hall–Kier alpha value is -1.03. The average molecular weight is 255 g/mol. The van der Waals surface area contributed by atoms with Crippen LogP contribution < -0.4 is 10.6 Å². The lowest BCUT2D eigenvalue weighted by Gasteiger charge is -2.30. The molecule has 94 valence electrons. The van der Waals surface area contributed by atoms with E-state index in [1.165, 1.54) is 32.0 Å². The van der Waals surface area contributed by atoms with Crippen LogP contribution in [0.5, 0.6) is 0 Å². The number of hydrogen-bond acceptors (Lipinski definition) is 4. The van der Waals surface area contributed by atoms with E-state index in [0.717, 1.165) is 18.8 Å². The maximum atomic E-state index is 6.21. The zero-order valence-electron chi connectivity index (χ0n) is 10.2. The van der Waals surface area contributed by atoms with E-state index in [9.17, 15) is 0 Å². The van der Waals surface area contributed by atoms with E-state index < -0.39 is 0 Å². The molecule has 1 unspecified atom stereocenters. The van der Waals surface area contributed by atoms with Crippen LogP contribution >= 0.6 is 11.6 Å². The van der Waals surface area contributed by atoms with Crippen LogP contribution in [-0.4, -0.2) is 22.6 Å². The lowest BCUT2D eigenvalue weighted by Crippen LogP contribution is -2.35. The van der Waals surface area contributed by atoms with Crippen LogP contribution in [0.25, 0.3) is 0 Å². The Bertz CT molecular complexity index is 383. The first kappa shape index (κ1) is 12.4. The fourth-order valence-corrected chi connectivity index (χ4v) is 2.66. The summed E-state index contributed by atoms with van der Waals surface area (Å²) in [4.78, 5) is 10.5. The van der Waals surface area contributed by atoms with Gasteiger partial charge in [-0.2, -0.15) is 0 Å². The summed E-state index contributed by atoms with van der Waals surface area (Å²) in [5.41, 5.74) is 5.74. The average Bonchev–Trinajstić information content (AvgIpc) is 2.57. The Balaban J connectivity index is 2.31. The van der Waals surface area contributed by atoms with Crippen molar-refractivity contribution in [2.45, 2.75) is 45.1 Å². The largest absolute Gasteiger partial charge is 0.382 e. The van der Waals surface area contributed by atoms with Gasteiger partial charge in [0.25, 0.3) is 0 Å². The van der Waals surface area contributed by atoms with Gasteiger partial charge in [0, 0.05) is 12.6 Å². The fourth-order valence-electron chi connectivity index (χ4n) is 2.45. The number of hydrogen-bond donors (Lipinski definition) is 1. The monoisotopic (exact) mass is 254 g/mol. The van der Waals surface area contributed by atoms with Crippen LogP contribution in [0.2, 0.25) is 5.02 Å². The van der Waals surface area contributed by atoms with Crippen molar-refractivity contribution in [3.63, 3.8) is 0 Å². The Labute approximate surface area is 107 Å². The summed E-state index contributed by atoms with van der Waals surface area (Å²) in [5, 5.41) is 0.493. The van der Waals surface area contributed by atoms with E-state index in [4.69, 9.17) is 17.3 Å². The van der Waals surface area contributed by atoms with Crippen LogP contribution in [0.15, 0.2) is 6.33 Å². The molecular weight excluding hydrogens is 236 g/mol. The predicted molar refractivity (Wildman–Crippen MR) is 71.3 cm³/mol. The van der Waals surface area contributed by atoms with Crippen molar-refractivity contribution < 1.29 is 0 Å². The summed E-state index contributed by atoms with van der Waals surface area (Å²) in [5.74, 6) is 1.17. The van der Waals surface area contributed by atoms with Gasteiger partial charge < -0.3 is 10.6 Å². The molecule has 0 radical (unpaired) electrons. The summed E-state index contributed by atoms with van der Waals surface area (Å²) in [6.07, 6.45) is 7.57. The van der Waals surface area contributed by atoms with Crippen molar-refractivity contribution in [3.8, 4) is 0 Å². The molecule has 1 saturated heterocycles. The molecule has 0 bridgehead atoms. The number of nitrogen functional groups attached to an aromatic ring is 1. The first-order valence-corrected chi connectivity index (χ1v) is 6.64. The first-order chi connectivity index (χ1) is 8.24. The molecule has 0 spiro atoms. The molecule has 0 saturated carbocycles. The number of rotatable bonds is 2. The second kappa shape index (κ2) is 5.54. The summed E-state index contributed by atoms with van der Waals surface area (Å²) in [6, 6.07) is 0.518. The van der Waals surface area contributed by atoms with Crippen molar-refractivity contribution in [2.75, 3.05) is 17.2 Å². The highest BCUT2D eigenvalue weighted by molar-refractivity contribution is 6.35. The highest BCUT2D eigenvalue weighted by Crippen LogP contribution is 2.31. The van der Waals surface area contributed by atoms with E-state index in [1.54, 1.807) is 0 Å². The molecule has 0 aliphatic carbocycles. The highest BCUT2D eigenvalue weighted by Gasteiger charge is 2.23. The van der Waals surface area contributed by atoms with Crippen molar-refractivity contribution in [1.29, 1.82) is 0 Å². The van der Waals surface area contributed by atoms with Crippen molar-refractivity contribution >= 4 is 23.2 Å². The normalized spacial score (nSPS) is 21.3. The molecule has 2 N–H and O–H groups in total. The number of halogens is 1. The lowest BCUT2D eigenvalue weighted by molar-refractivity contribution is 0.552. The van der Waals surface area contributed by atoms with Crippen molar-refractivity contribution in [1.82, 2.24) is 9.97 Å². The number of anilines is 2. The summed E-state index contributed by atoms with van der Waals surface area (Å²) in [6.45, 7) is 3.22. The molecule has 1 aromatic rings. The third kappa shape index (κ3) is 2.63. The van der Waals surface area contributed by atoms with Gasteiger partial charge in [-0.15, -0.1) is 0 Å². The van der Waals surface area contributed by atoms with Crippen LogP contribution in [0.3, 0.4) is 0 Å². The zero-order valence-corrected chi connectivity index (χ0v) is 11.0. The SMILES string of the molecule is CCC1CCCCCN1c1ncnc(N)c1Cl. The molecule has 4 nitrogen and oxygen atoms in total. The van der Waals surface area contributed by atoms with Crippen LogP contribution in [0, 0.1) is 0 Å². The number of aromatic nitrogens is 2. The third-order valence-electron chi connectivity index (χ3n) is 3.42. The minimum Gasteiger partial charge on any atom is -0.382 e. The van der Waals surface area contributed by atoms with E-state index in [0.29, 0.717) is 16.9 Å². The molecule has 1 aliphatic heterocycles. The summed E-state index contributed by atoms with van der Waals surface area (Å²) >= 11 is 6.21. The number of nitrogens with zero attached hydrogens (tertiary/aromatic N) is 3. The molecule has 0 amide bonds. The minimum atomic E-state index is 0.371. The van der Waals surface area contributed by atoms with Crippen LogP contribution in [0.1, 0.15) is 39.0 Å². The van der Waals surface area contributed by atoms with Crippen molar-refractivity contribution in [3.05, 3.63) is 11.3 Å². The van der Waals surface area contributed by atoms with Gasteiger partial charge in [-0.1, -0.05) is 31.4 Å². The molecule has 1 fully saturated rings. The topological polar surface area (TPSA) is 55.0 Å². The van der Waals surface area contributed by atoms with Gasteiger partial charge in [0.05, 0.1) is 0 Å². The van der Waals surface area contributed by atoms with Gasteiger partial charge in [-0.3, -0.25) is 0 Å². The third-order valence-corrected chi connectivity index (χ3v) is 3.78. The molecule has 2 rings (SSSR count). The van der Waals surface area contributed by atoms with Crippen LogP contribution in [0.4, 0.5) is 11.6 Å². The van der Waals surface area contributed by atoms with Gasteiger partial charge in [0.1, 0.15) is 17.2 Å². The Morgan fingerprint density at radius 1 is 1.41 bits per heavy atom. The molecule has 17 heavy (non-hydrogen) atoms. The zero-order chi connectivity index (χ0) is 12.3. The maximum absolute atomic E-state index is 6.21. The second-order valence-electron chi connectivity index (χ2n) is 4.50. The molecule has 5 heteroatoms. The Morgan fingerprint density at radius 3 is 3.00 bits per heavy atom. The Morgan fingerprint density at radius 2 is 2.24 bits per heavy atom. The standard InChI is InChI=1S/C12H19ClN4/c1-2-9-6-4-3-5-7-17(9)12-10(13)11(14)15-8-16-12/h8-9H,2-7H2,1H3,(H2,14,15,16). The molecule has 2 heterocycles. The lowest BCUT2D eigenvalue weighted by atomic mass is 10.1. The fraction of sp³-hybridized carbons (Fsp3) is 0.667. The smallest absolute Gasteiger partial charge is 0.153 e.